The van der Waals surface area contributed by atoms with Gasteiger partial charge >= 0.3 is 5.97 Å². The summed E-state index contributed by atoms with van der Waals surface area (Å²) < 4.78 is 0. The van der Waals surface area contributed by atoms with Gasteiger partial charge in [0.05, 0.1) is 17.5 Å². The summed E-state index contributed by atoms with van der Waals surface area (Å²) in [5.41, 5.74) is 1.17. The van der Waals surface area contributed by atoms with Crippen LogP contribution in [0.1, 0.15) is 5.69 Å². The summed E-state index contributed by atoms with van der Waals surface area (Å²) in [7, 11) is 0. The average molecular weight is 261 g/mol. The summed E-state index contributed by atoms with van der Waals surface area (Å²) in [5, 5.41) is 10.2. The third-order valence-corrected chi connectivity index (χ3v) is 3.72. The average Bonchev–Trinajstić information content (AvgIpc) is 2.77. The van der Waals surface area contributed by atoms with E-state index in [1.807, 2.05) is 0 Å². The zero-order valence-corrected chi connectivity index (χ0v) is 9.79. The number of β-lactam (4-membered cyclic amide) rings is 1. The predicted molar refractivity (Wildman–Crippen MR) is 64.0 cm³/mol. The van der Waals surface area contributed by atoms with Crippen LogP contribution >= 0.6 is 11.8 Å². The van der Waals surface area contributed by atoms with Crippen molar-refractivity contribution in [2.45, 2.75) is 5.37 Å². The summed E-state index contributed by atoms with van der Waals surface area (Å²) in [6.45, 7) is 0. The Morgan fingerprint density at radius 1 is 1.50 bits per heavy atom. The molecule has 2 aliphatic heterocycles. The fraction of sp³-hybridized carbons (Fsp3) is 0.0909. The summed E-state index contributed by atoms with van der Waals surface area (Å²) in [5.74, 6) is -1.37. The number of nitrogens with zero attached hydrogens (tertiary/aromatic N) is 3. The highest BCUT2D eigenvalue weighted by atomic mass is 32.2. The Kier molecular flexibility index (Phi) is 2.41. The normalized spacial score (nSPS) is 23.7. The second-order valence-electron chi connectivity index (χ2n) is 3.70. The molecule has 0 aliphatic carbocycles. The molecular formula is C11H7N3O3S. The highest BCUT2D eigenvalue weighted by Gasteiger charge is 2.49. The van der Waals surface area contributed by atoms with Crippen molar-refractivity contribution in [3.63, 3.8) is 0 Å². The van der Waals surface area contributed by atoms with Crippen LogP contribution in [0.25, 0.3) is 6.08 Å². The molecule has 90 valence electrons. The zero-order valence-electron chi connectivity index (χ0n) is 8.98. The van der Waals surface area contributed by atoms with E-state index in [0.29, 0.717) is 11.3 Å². The molecular weight excluding hydrogens is 254 g/mol. The second kappa shape index (κ2) is 3.95. The number of carboxylic acid groups (broad SMARTS) is 1. The van der Waals surface area contributed by atoms with Crippen molar-refractivity contribution in [1.29, 1.82) is 0 Å². The van der Waals surface area contributed by atoms with Gasteiger partial charge in [0, 0.05) is 17.8 Å². The van der Waals surface area contributed by atoms with Crippen molar-refractivity contribution in [3.8, 4) is 0 Å². The van der Waals surface area contributed by atoms with Crippen LogP contribution in [-0.2, 0) is 9.59 Å². The van der Waals surface area contributed by atoms with Gasteiger partial charge in [-0.1, -0.05) is 0 Å². The fourth-order valence-corrected chi connectivity index (χ4v) is 2.93. The number of hydrogen-bond donors (Lipinski definition) is 1. The van der Waals surface area contributed by atoms with E-state index in [-0.39, 0.29) is 17.0 Å². The minimum absolute atomic E-state index is 0.0336. The highest BCUT2D eigenvalue weighted by Crippen LogP contribution is 2.44. The number of rotatable bonds is 2. The number of fused-ring (bicyclic) bond motifs is 1. The molecule has 18 heavy (non-hydrogen) atoms. The fourth-order valence-electron chi connectivity index (χ4n) is 1.81. The molecule has 7 heteroatoms. The van der Waals surface area contributed by atoms with E-state index >= 15 is 0 Å². The standard InChI is InChI=1S/C11H7N3O3S/c15-9-7(3-6-4-12-1-2-13-6)10-14(9)8(5-18-10)11(16)17/h1-5,10H,(H,16,17)/b7-3+/t10-/m1/s1. The Morgan fingerprint density at radius 3 is 3.00 bits per heavy atom. The topological polar surface area (TPSA) is 83.4 Å². The maximum atomic E-state index is 11.9. The summed E-state index contributed by atoms with van der Waals surface area (Å²) in [6.07, 6.45) is 6.28. The van der Waals surface area contributed by atoms with E-state index in [1.165, 1.54) is 28.3 Å². The molecule has 0 aromatic carbocycles. The molecule has 0 spiro atoms. The molecule has 6 nitrogen and oxygen atoms in total. The van der Waals surface area contributed by atoms with Crippen LogP contribution in [0.4, 0.5) is 0 Å². The molecule has 1 fully saturated rings. The molecule has 3 rings (SSSR count). The molecule has 1 aromatic rings. The summed E-state index contributed by atoms with van der Waals surface area (Å²) >= 11 is 1.31. The molecule has 1 saturated heterocycles. The third kappa shape index (κ3) is 1.52. The number of aromatic nitrogens is 2. The Morgan fingerprint density at radius 2 is 2.33 bits per heavy atom. The Balaban J connectivity index is 1.87. The number of aliphatic carboxylic acids is 1. The van der Waals surface area contributed by atoms with Crippen molar-refractivity contribution < 1.29 is 14.7 Å². The van der Waals surface area contributed by atoms with E-state index in [1.54, 1.807) is 18.5 Å². The summed E-state index contributed by atoms with van der Waals surface area (Å²) in [4.78, 5) is 32.0. The van der Waals surface area contributed by atoms with Gasteiger partial charge in [0.2, 0.25) is 0 Å². The van der Waals surface area contributed by atoms with Crippen molar-refractivity contribution >= 4 is 29.7 Å². The monoisotopic (exact) mass is 261 g/mol. The largest absolute Gasteiger partial charge is 0.477 e. The van der Waals surface area contributed by atoms with Crippen LogP contribution in [0.3, 0.4) is 0 Å². The SMILES string of the molecule is O=C(O)C1=CS[C@@H]2/C(=C/c3cnccn3)C(=O)N12. The number of thioether (sulfide) groups is 1. The van der Waals surface area contributed by atoms with Gasteiger partial charge in [-0.25, -0.2) is 4.79 Å². The van der Waals surface area contributed by atoms with Crippen LogP contribution in [0.15, 0.2) is 35.3 Å². The van der Waals surface area contributed by atoms with Gasteiger partial charge in [0.25, 0.3) is 5.91 Å². The van der Waals surface area contributed by atoms with Crippen LogP contribution in [0, 0.1) is 0 Å². The first-order valence-corrected chi connectivity index (χ1v) is 6.03. The first-order valence-electron chi connectivity index (χ1n) is 5.08. The molecule has 0 unspecified atom stereocenters. The lowest BCUT2D eigenvalue weighted by molar-refractivity contribution is -0.141. The summed E-state index contributed by atoms with van der Waals surface area (Å²) in [6, 6.07) is 0. The van der Waals surface area contributed by atoms with Crippen LogP contribution in [-0.4, -0.2) is 37.2 Å². The van der Waals surface area contributed by atoms with Gasteiger partial charge < -0.3 is 5.11 Å². The number of amides is 1. The zero-order chi connectivity index (χ0) is 12.7. The van der Waals surface area contributed by atoms with Crippen molar-refractivity contribution in [2.24, 2.45) is 0 Å². The molecule has 2 aliphatic rings. The van der Waals surface area contributed by atoms with Gasteiger partial charge in [-0.05, 0) is 6.08 Å². The molecule has 1 aromatic heterocycles. The van der Waals surface area contributed by atoms with Crippen molar-refractivity contribution in [1.82, 2.24) is 14.9 Å². The molecule has 1 amide bonds. The van der Waals surface area contributed by atoms with E-state index in [2.05, 4.69) is 9.97 Å². The second-order valence-corrected chi connectivity index (χ2v) is 4.66. The molecule has 1 atom stereocenters. The van der Waals surface area contributed by atoms with Crippen molar-refractivity contribution in [2.75, 3.05) is 0 Å². The number of carbonyl (C=O) groups is 2. The highest BCUT2D eigenvalue weighted by molar-refractivity contribution is 8.03. The van der Waals surface area contributed by atoms with E-state index in [0.717, 1.165) is 0 Å². The molecule has 1 N–H and O–H groups in total. The van der Waals surface area contributed by atoms with E-state index in [4.69, 9.17) is 5.11 Å². The van der Waals surface area contributed by atoms with Crippen LogP contribution in [0.5, 0.6) is 0 Å². The minimum atomic E-state index is -1.09. The molecule has 0 saturated carbocycles. The lowest BCUT2D eigenvalue weighted by atomic mass is 10.0. The molecule has 0 bridgehead atoms. The lowest BCUT2D eigenvalue weighted by Gasteiger charge is -2.37. The Bertz CT molecular complexity index is 597. The van der Waals surface area contributed by atoms with Gasteiger partial charge in [0.1, 0.15) is 11.1 Å². The number of carboxylic acids is 1. The molecule has 0 radical (unpaired) electrons. The number of hydrogen-bond acceptors (Lipinski definition) is 5. The lowest BCUT2D eigenvalue weighted by Crippen LogP contribution is -2.51. The Hall–Kier alpha value is -2.15. The smallest absolute Gasteiger partial charge is 0.353 e. The number of carbonyl (C=O) groups excluding carboxylic acids is 1. The minimum Gasteiger partial charge on any atom is -0.477 e. The maximum absolute atomic E-state index is 11.9. The van der Waals surface area contributed by atoms with Crippen LogP contribution < -0.4 is 0 Å². The predicted octanol–water partition coefficient (Wildman–Crippen LogP) is 0.701. The van der Waals surface area contributed by atoms with Crippen LogP contribution in [0.2, 0.25) is 0 Å². The maximum Gasteiger partial charge on any atom is 0.353 e. The Labute approximate surface area is 106 Å². The van der Waals surface area contributed by atoms with Gasteiger partial charge in [-0.3, -0.25) is 19.7 Å². The van der Waals surface area contributed by atoms with Crippen molar-refractivity contribution in [3.05, 3.63) is 41.0 Å². The molecule has 3 heterocycles. The first-order chi connectivity index (χ1) is 8.68. The van der Waals surface area contributed by atoms with E-state index < -0.39 is 5.97 Å². The van der Waals surface area contributed by atoms with Gasteiger partial charge in [-0.2, -0.15) is 0 Å². The first kappa shape index (κ1) is 11.0. The third-order valence-electron chi connectivity index (χ3n) is 2.64. The quantitative estimate of drug-likeness (QED) is 0.623. The van der Waals surface area contributed by atoms with Gasteiger partial charge in [0.15, 0.2) is 0 Å². The van der Waals surface area contributed by atoms with Gasteiger partial charge in [-0.15, -0.1) is 11.8 Å². The van der Waals surface area contributed by atoms with E-state index in [9.17, 15) is 9.59 Å².